The molecule has 0 aliphatic carbocycles. The zero-order chi connectivity index (χ0) is 14.8. The number of carbonyl (C=O) groups is 1. The van der Waals surface area contributed by atoms with Crippen molar-refractivity contribution in [2.24, 2.45) is 0 Å². The number of hydrogen-bond acceptors (Lipinski definition) is 3. The molecule has 0 atom stereocenters. The Morgan fingerprint density at radius 2 is 1.81 bits per heavy atom. The van der Waals surface area contributed by atoms with E-state index in [9.17, 15) is 4.79 Å². The highest BCUT2D eigenvalue weighted by Gasteiger charge is 2.23. The van der Waals surface area contributed by atoms with E-state index in [1.165, 1.54) is 16.8 Å². The first-order chi connectivity index (χ1) is 10.1. The molecule has 2 heterocycles. The summed E-state index contributed by atoms with van der Waals surface area (Å²) in [6.45, 7) is 7.43. The minimum absolute atomic E-state index is 0.0141. The molecule has 1 aromatic heterocycles. The lowest BCUT2D eigenvalue weighted by molar-refractivity contribution is 0.0714. The van der Waals surface area contributed by atoms with E-state index in [4.69, 9.17) is 4.42 Å². The highest BCUT2D eigenvalue weighted by molar-refractivity contribution is 5.91. The Labute approximate surface area is 125 Å². The van der Waals surface area contributed by atoms with Gasteiger partial charge in [-0.25, -0.2) is 0 Å². The molecular formula is C17H20N2O2. The number of aryl methyl sites for hydroxylation is 2. The Balaban J connectivity index is 1.65. The molecule has 0 unspecified atom stereocenters. The van der Waals surface area contributed by atoms with Gasteiger partial charge in [-0.15, -0.1) is 0 Å². The number of benzene rings is 1. The predicted octanol–water partition coefficient (Wildman–Crippen LogP) is 2.86. The molecule has 21 heavy (non-hydrogen) atoms. The molecule has 110 valence electrons. The van der Waals surface area contributed by atoms with Crippen LogP contribution in [0.15, 0.2) is 41.0 Å². The van der Waals surface area contributed by atoms with Crippen molar-refractivity contribution >= 4 is 11.6 Å². The maximum absolute atomic E-state index is 12.2. The van der Waals surface area contributed by atoms with Gasteiger partial charge in [-0.05, 0) is 49.2 Å². The van der Waals surface area contributed by atoms with E-state index in [0.717, 1.165) is 26.2 Å². The first-order valence-electron chi connectivity index (χ1n) is 7.30. The third kappa shape index (κ3) is 2.79. The second-order valence-electron chi connectivity index (χ2n) is 5.53. The average molecular weight is 284 g/mol. The van der Waals surface area contributed by atoms with Gasteiger partial charge in [0.15, 0.2) is 5.76 Å². The number of furan rings is 1. The van der Waals surface area contributed by atoms with Crippen LogP contribution in [0.25, 0.3) is 0 Å². The molecule has 1 amide bonds. The molecule has 3 rings (SSSR count). The standard InChI is InChI=1S/C17H20N2O2/c1-13-5-6-15(12-14(13)2)18-7-9-19(10-8-18)17(20)16-4-3-11-21-16/h3-6,11-12H,7-10H2,1-2H3. The molecule has 4 heteroatoms. The van der Waals surface area contributed by atoms with Crippen LogP contribution in [0.4, 0.5) is 5.69 Å². The fourth-order valence-corrected chi connectivity index (χ4v) is 2.65. The number of carbonyl (C=O) groups excluding carboxylic acids is 1. The number of anilines is 1. The molecule has 0 radical (unpaired) electrons. The molecule has 4 nitrogen and oxygen atoms in total. The number of amides is 1. The van der Waals surface area contributed by atoms with Crippen molar-refractivity contribution < 1.29 is 9.21 Å². The van der Waals surface area contributed by atoms with Crippen LogP contribution < -0.4 is 4.90 Å². The van der Waals surface area contributed by atoms with E-state index in [1.54, 1.807) is 18.4 Å². The van der Waals surface area contributed by atoms with Crippen LogP contribution in [0.5, 0.6) is 0 Å². The monoisotopic (exact) mass is 284 g/mol. The molecular weight excluding hydrogens is 264 g/mol. The van der Waals surface area contributed by atoms with Gasteiger partial charge < -0.3 is 14.2 Å². The highest BCUT2D eigenvalue weighted by Crippen LogP contribution is 2.20. The third-order valence-electron chi connectivity index (χ3n) is 4.15. The van der Waals surface area contributed by atoms with E-state index in [2.05, 4.69) is 36.9 Å². The molecule has 0 saturated carbocycles. The Hall–Kier alpha value is -2.23. The lowest BCUT2D eigenvalue weighted by Crippen LogP contribution is -2.48. The van der Waals surface area contributed by atoms with E-state index >= 15 is 0 Å². The largest absolute Gasteiger partial charge is 0.459 e. The zero-order valence-corrected chi connectivity index (χ0v) is 12.5. The summed E-state index contributed by atoms with van der Waals surface area (Å²) in [4.78, 5) is 16.4. The van der Waals surface area contributed by atoms with Crippen molar-refractivity contribution in [2.75, 3.05) is 31.1 Å². The van der Waals surface area contributed by atoms with Gasteiger partial charge in [0.05, 0.1) is 6.26 Å². The van der Waals surface area contributed by atoms with Crippen LogP contribution in [0.2, 0.25) is 0 Å². The minimum Gasteiger partial charge on any atom is -0.459 e. The summed E-state index contributed by atoms with van der Waals surface area (Å²) in [5.74, 6) is 0.411. The van der Waals surface area contributed by atoms with Gasteiger partial charge in [-0.1, -0.05) is 6.07 Å². The van der Waals surface area contributed by atoms with E-state index in [-0.39, 0.29) is 5.91 Å². The Bertz CT molecular complexity index is 626. The van der Waals surface area contributed by atoms with E-state index in [0.29, 0.717) is 5.76 Å². The highest BCUT2D eigenvalue weighted by atomic mass is 16.3. The second-order valence-corrected chi connectivity index (χ2v) is 5.53. The zero-order valence-electron chi connectivity index (χ0n) is 12.5. The number of piperazine rings is 1. The fraction of sp³-hybridized carbons (Fsp3) is 0.353. The third-order valence-corrected chi connectivity index (χ3v) is 4.15. The van der Waals surface area contributed by atoms with Crippen molar-refractivity contribution in [3.8, 4) is 0 Å². The number of rotatable bonds is 2. The summed E-state index contributed by atoms with van der Waals surface area (Å²) in [6, 6.07) is 10.0. The van der Waals surface area contributed by atoms with Crippen molar-refractivity contribution in [3.05, 3.63) is 53.5 Å². The van der Waals surface area contributed by atoms with Gasteiger partial charge in [0.2, 0.25) is 0 Å². The molecule has 1 fully saturated rings. The predicted molar refractivity (Wildman–Crippen MR) is 82.7 cm³/mol. The Morgan fingerprint density at radius 3 is 2.43 bits per heavy atom. The molecule has 0 spiro atoms. The molecule has 0 bridgehead atoms. The van der Waals surface area contributed by atoms with Crippen LogP contribution in [0.3, 0.4) is 0 Å². The van der Waals surface area contributed by atoms with Crippen LogP contribution in [0, 0.1) is 13.8 Å². The van der Waals surface area contributed by atoms with Crippen LogP contribution in [0.1, 0.15) is 21.7 Å². The van der Waals surface area contributed by atoms with Crippen LogP contribution in [-0.2, 0) is 0 Å². The maximum atomic E-state index is 12.2. The van der Waals surface area contributed by atoms with Crippen LogP contribution >= 0.6 is 0 Å². The summed E-state index contributed by atoms with van der Waals surface area (Å²) in [7, 11) is 0. The SMILES string of the molecule is Cc1ccc(N2CCN(C(=O)c3ccco3)CC2)cc1C. The molecule has 1 aliphatic rings. The average Bonchev–Trinajstić information content (AvgIpc) is 3.04. The summed E-state index contributed by atoms with van der Waals surface area (Å²) in [5, 5.41) is 0. The summed E-state index contributed by atoms with van der Waals surface area (Å²) < 4.78 is 5.18. The molecule has 1 aliphatic heterocycles. The molecule has 2 aromatic rings. The Kier molecular flexibility index (Phi) is 3.69. The molecule has 0 N–H and O–H groups in total. The number of hydrogen-bond donors (Lipinski definition) is 0. The smallest absolute Gasteiger partial charge is 0.289 e. The van der Waals surface area contributed by atoms with Gasteiger partial charge in [-0.2, -0.15) is 0 Å². The van der Waals surface area contributed by atoms with E-state index in [1.807, 2.05) is 4.90 Å². The number of nitrogens with zero attached hydrogens (tertiary/aromatic N) is 2. The van der Waals surface area contributed by atoms with Gasteiger partial charge in [-0.3, -0.25) is 4.79 Å². The van der Waals surface area contributed by atoms with Gasteiger partial charge in [0, 0.05) is 31.9 Å². The molecule has 1 saturated heterocycles. The van der Waals surface area contributed by atoms with Gasteiger partial charge in [0.25, 0.3) is 5.91 Å². The van der Waals surface area contributed by atoms with E-state index < -0.39 is 0 Å². The lowest BCUT2D eigenvalue weighted by Gasteiger charge is -2.36. The quantitative estimate of drug-likeness (QED) is 0.851. The maximum Gasteiger partial charge on any atom is 0.289 e. The Morgan fingerprint density at radius 1 is 1.05 bits per heavy atom. The molecule has 1 aromatic carbocycles. The van der Waals surface area contributed by atoms with Crippen molar-refractivity contribution in [2.45, 2.75) is 13.8 Å². The lowest BCUT2D eigenvalue weighted by atomic mass is 10.1. The van der Waals surface area contributed by atoms with Gasteiger partial charge in [0.1, 0.15) is 0 Å². The fourth-order valence-electron chi connectivity index (χ4n) is 2.65. The minimum atomic E-state index is -0.0141. The van der Waals surface area contributed by atoms with Crippen molar-refractivity contribution in [3.63, 3.8) is 0 Å². The van der Waals surface area contributed by atoms with Crippen LogP contribution in [-0.4, -0.2) is 37.0 Å². The second kappa shape index (κ2) is 5.64. The summed E-state index contributed by atoms with van der Waals surface area (Å²) >= 11 is 0. The van der Waals surface area contributed by atoms with Gasteiger partial charge >= 0.3 is 0 Å². The normalized spacial score (nSPS) is 15.3. The topological polar surface area (TPSA) is 36.7 Å². The summed E-state index contributed by atoms with van der Waals surface area (Å²) in [5.41, 5.74) is 3.86. The first-order valence-corrected chi connectivity index (χ1v) is 7.30. The van der Waals surface area contributed by atoms with Crippen molar-refractivity contribution in [1.29, 1.82) is 0 Å². The first kappa shape index (κ1) is 13.7. The van der Waals surface area contributed by atoms with Crippen molar-refractivity contribution in [1.82, 2.24) is 4.90 Å². The summed E-state index contributed by atoms with van der Waals surface area (Å²) in [6.07, 6.45) is 1.54.